The monoisotopic (exact) mass is 541 g/mol. The van der Waals surface area contributed by atoms with Gasteiger partial charge in [0.15, 0.2) is 0 Å². The minimum absolute atomic E-state index is 0.00839. The van der Waals surface area contributed by atoms with Gasteiger partial charge in [-0.15, -0.1) is 0 Å². The van der Waals surface area contributed by atoms with E-state index in [1.807, 2.05) is 27.7 Å². The van der Waals surface area contributed by atoms with E-state index in [0.717, 1.165) is 28.1 Å². The van der Waals surface area contributed by atoms with Crippen LogP contribution in [0.2, 0.25) is 10.0 Å². The Kier molecular flexibility index (Phi) is 10.0. The summed E-state index contributed by atoms with van der Waals surface area (Å²) in [5.41, 5.74) is 2.87. The number of carbonyl (C=O) groups excluding carboxylic acids is 2. The van der Waals surface area contributed by atoms with Crippen molar-refractivity contribution in [2.45, 2.75) is 59.7 Å². The van der Waals surface area contributed by atoms with Crippen molar-refractivity contribution >= 4 is 50.7 Å². The minimum atomic E-state index is -3.79. The van der Waals surface area contributed by atoms with E-state index in [1.54, 1.807) is 43.3 Å². The molecule has 0 radical (unpaired) electrons. The second kappa shape index (κ2) is 12.1. The summed E-state index contributed by atoms with van der Waals surface area (Å²) in [7, 11) is -3.79. The lowest BCUT2D eigenvalue weighted by atomic mass is 10.1. The molecule has 7 nitrogen and oxygen atoms in total. The Hall–Kier alpha value is -2.29. The van der Waals surface area contributed by atoms with Crippen molar-refractivity contribution in [1.29, 1.82) is 0 Å². The summed E-state index contributed by atoms with van der Waals surface area (Å²) in [5.74, 6) is -0.874. The predicted octanol–water partition coefficient (Wildman–Crippen LogP) is 4.71. The highest BCUT2D eigenvalue weighted by Gasteiger charge is 2.31. The number of rotatable bonds is 10. The number of sulfonamides is 1. The van der Waals surface area contributed by atoms with Crippen LogP contribution < -0.4 is 9.62 Å². The van der Waals surface area contributed by atoms with Crippen LogP contribution in [0.4, 0.5) is 5.69 Å². The average Bonchev–Trinajstić information content (AvgIpc) is 2.77. The van der Waals surface area contributed by atoms with Crippen molar-refractivity contribution in [3.8, 4) is 0 Å². The molecule has 0 bridgehead atoms. The van der Waals surface area contributed by atoms with Crippen LogP contribution >= 0.6 is 23.2 Å². The largest absolute Gasteiger partial charge is 0.352 e. The number of anilines is 1. The molecule has 0 saturated carbocycles. The molecule has 35 heavy (non-hydrogen) atoms. The summed E-state index contributed by atoms with van der Waals surface area (Å²) in [4.78, 5) is 27.9. The Morgan fingerprint density at radius 3 is 2.23 bits per heavy atom. The van der Waals surface area contributed by atoms with Gasteiger partial charge in [-0.05, 0) is 75.1 Å². The third-order valence-corrected chi connectivity index (χ3v) is 7.71. The first-order valence-electron chi connectivity index (χ1n) is 11.3. The normalized spacial score (nSPS) is 13.1. The highest BCUT2D eigenvalue weighted by atomic mass is 35.5. The van der Waals surface area contributed by atoms with Crippen molar-refractivity contribution in [3.63, 3.8) is 0 Å². The maximum Gasteiger partial charge on any atom is 0.244 e. The molecular formula is C25H33Cl2N3O4S. The lowest BCUT2D eigenvalue weighted by molar-refractivity contribution is -0.139. The lowest BCUT2D eigenvalue weighted by Crippen LogP contribution is -2.52. The van der Waals surface area contributed by atoms with Gasteiger partial charge in [-0.3, -0.25) is 13.9 Å². The van der Waals surface area contributed by atoms with E-state index in [2.05, 4.69) is 5.32 Å². The van der Waals surface area contributed by atoms with Gasteiger partial charge >= 0.3 is 0 Å². The van der Waals surface area contributed by atoms with E-state index in [0.29, 0.717) is 21.3 Å². The van der Waals surface area contributed by atoms with E-state index < -0.39 is 28.5 Å². The predicted molar refractivity (Wildman–Crippen MR) is 142 cm³/mol. The van der Waals surface area contributed by atoms with Gasteiger partial charge in [0, 0.05) is 22.6 Å². The number of hydrogen-bond donors (Lipinski definition) is 1. The summed E-state index contributed by atoms with van der Waals surface area (Å²) in [6.07, 6.45) is 1.78. The Balaban J connectivity index is 2.44. The minimum Gasteiger partial charge on any atom is -0.352 e. The van der Waals surface area contributed by atoms with Crippen LogP contribution in [0.1, 0.15) is 43.9 Å². The summed E-state index contributed by atoms with van der Waals surface area (Å²) in [6, 6.07) is 9.13. The van der Waals surface area contributed by atoms with Crippen LogP contribution in [0.15, 0.2) is 36.4 Å². The van der Waals surface area contributed by atoms with Crippen LogP contribution in [-0.4, -0.2) is 50.0 Å². The number of benzene rings is 2. The number of halogens is 2. The average molecular weight is 543 g/mol. The number of nitrogens with one attached hydrogen (secondary N) is 1. The van der Waals surface area contributed by atoms with Gasteiger partial charge in [0.25, 0.3) is 0 Å². The molecule has 0 saturated heterocycles. The fraction of sp³-hybridized carbons (Fsp3) is 0.440. The molecule has 0 spiro atoms. The van der Waals surface area contributed by atoms with Crippen LogP contribution in [0.5, 0.6) is 0 Å². The third kappa shape index (κ3) is 7.85. The molecule has 2 amide bonds. The number of aryl methyl sites for hydroxylation is 2. The highest BCUT2D eigenvalue weighted by molar-refractivity contribution is 7.92. The summed E-state index contributed by atoms with van der Waals surface area (Å²) in [5, 5.41) is 3.67. The molecule has 2 aromatic carbocycles. The van der Waals surface area contributed by atoms with Crippen molar-refractivity contribution in [1.82, 2.24) is 10.2 Å². The Morgan fingerprint density at radius 2 is 1.69 bits per heavy atom. The molecule has 0 aliphatic rings. The van der Waals surface area contributed by atoms with Gasteiger partial charge in [0.2, 0.25) is 21.8 Å². The zero-order chi connectivity index (χ0) is 26.5. The molecule has 0 fully saturated rings. The fourth-order valence-electron chi connectivity index (χ4n) is 3.38. The molecule has 192 valence electrons. The van der Waals surface area contributed by atoms with E-state index in [9.17, 15) is 18.0 Å². The van der Waals surface area contributed by atoms with E-state index in [1.165, 1.54) is 4.90 Å². The molecule has 0 heterocycles. The first-order chi connectivity index (χ1) is 16.2. The van der Waals surface area contributed by atoms with Crippen LogP contribution in [-0.2, 0) is 26.2 Å². The number of hydrogen-bond acceptors (Lipinski definition) is 4. The molecule has 2 atom stereocenters. The first kappa shape index (κ1) is 28.9. The number of amides is 2. The smallest absolute Gasteiger partial charge is 0.244 e. The van der Waals surface area contributed by atoms with Crippen LogP contribution in [0, 0.1) is 13.8 Å². The summed E-state index contributed by atoms with van der Waals surface area (Å²) in [6.45, 7) is 8.77. The Morgan fingerprint density at radius 1 is 1.03 bits per heavy atom. The maximum absolute atomic E-state index is 13.6. The van der Waals surface area contributed by atoms with Gasteiger partial charge < -0.3 is 10.2 Å². The highest BCUT2D eigenvalue weighted by Crippen LogP contribution is 2.25. The van der Waals surface area contributed by atoms with E-state index in [4.69, 9.17) is 23.2 Å². The zero-order valence-electron chi connectivity index (χ0n) is 20.9. The first-order valence-corrected chi connectivity index (χ1v) is 13.9. The zero-order valence-corrected chi connectivity index (χ0v) is 23.3. The Bertz CT molecular complexity index is 1190. The molecule has 2 aromatic rings. The molecule has 0 unspecified atom stereocenters. The second-order valence-corrected chi connectivity index (χ2v) is 11.5. The third-order valence-electron chi connectivity index (χ3n) is 5.98. The van der Waals surface area contributed by atoms with Crippen molar-refractivity contribution in [2.24, 2.45) is 0 Å². The van der Waals surface area contributed by atoms with Crippen molar-refractivity contribution in [2.75, 3.05) is 17.1 Å². The lowest BCUT2D eigenvalue weighted by Gasteiger charge is -2.32. The van der Waals surface area contributed by atoms with E-state index >= 15 is 0 Å². The summed E-state index contributed by atoms with van der Waals surface area (Å²) >= 11 is 12.4. The SMILES string of the molecule is CC[C@H](C)NC(=O)[C@H](C)N(Cc1ccc(Cl)cc1Cl)C(=O)CN(c1ccc(C)c(C)c1)S(C)(=O)=O. The van der Waals surface area contributed by atoms with Gasteiger partial charge in [0.1, 0.15) is 12.6 Å². The molecule has 0 aliphatic carbocycles. The second-order valence-electron chi connectivity index (χ2n) is 8.79. The van der Waals surface area contributed by atoms with Crippen molar-refractivity contribution in [3.05, 3.63) is 63.1 Å². The summed E-state index contributed by atoms with van der Waals surface area (Å²) < 4.78 is 26.4. The fourth-order valence-corrected chi connectivity index (χ4v) is 4.69. The Labute approximate surface area is 218 Å². The molecule has 0 aromatic heterocycles. The van der Waals surface area contributed by atoms with Gasteiger partial charge in [-0.1, -0.05) is 42.3 Å². The van der Waals surface area contributed by atoms with Crippen LogP contribution in [0.3, 0.4) is 0 Å². The molecular weight excluding hydrogens is 509 g/mol. The van der Waals surface area contributed by atoms with Crippen molar-refractivity contribution < 1.29 is 18.0 Å². The standard InChI is InChI=1S/C25H33Cl2N3O4S/c1-7-18(4)28-25(32)19(5)29(14-20-9-10-21(26)13-23(20)27)24(31)15-30(35(6,33)34)22-11-8-16(2)17(3)12-22/h8-13,18-19H,7,14-15H2,1-6H3,(H,28,32)/t18-,19-/m0/s1. The molecule has 1 N–H and O–H groups in total. The number of nitrogens with zero attached hydrogens (tertiary/aromatic N) is 2. The number of carbonyl (C=O) groups is 2. The van der Waals surface area contributed by atoms with Gasteiger partial charge in [-0.2, -0.15) is 0 Å². The maximum atomic E-state index is 13.6. The van der Waals surface area contributed by atoms with Crippen LogP contribution in [0.25, 0.3) is 0 Å². The van der Waals surface area contributed by atoms with Gasteiger partial charge in [0.05, 0.1) is 11.9 Å². The quantitative estimate of drug-likeness (QED) is 0.471. The van der Waals surface area contributed by atoms with E-state index in [-0.39, 0.29) is 18.5 Å². The topological polar surface area (TPSA) is 86.8 Å². The molecule has 10 heteroatoms. The molecule has 2 rings (SSSR count). The van der Waals surface area contributed by atoms with Gasteiger partial charge in [-0.25, -0.2) is 8.42 Å². The molecule has 0 aliphatic heterocycles.